The Morgan fingerprint density at radius 2 is 1.40 bits per heavy atom. The molecule has 154 valence electrons. The number of rotatable bonds is 7. The molecule has 0 saturated carbocycles. The molecule has 0 atom stereocenters. The van der Waals surface area contributed by atoms with E-state index in [1.54, 1.807) is 0 Å². The summed E-state index contributed by atoms with van der Waals surface area (Å²) >= 11 is 0. The molecule has 0 amide bonds. The summed E-state index contributed by atoms with van der Waals surface area (Å²) in [4.78, 5) is 4.06. The second-order valence-corrected chi connectivity index (χ2v) is 6.72. The van der Waals surface area contributed by atoms with Gasteiger partial charge in [-0.25, -0.2) is 22.0 Å². The fraction of sp³-hybridized carbons (Fsp3) is 0.125. The van der Waals surface area contributed by atoms with Crippen LogP contribution in [0.3, 0.4) is 0 Å². The normalized spacial score (nSPS) is 11.2. The van der Waals surface area contributed by atoms with Gasteiger partial charge < -0.3 is 0 Å². The molecule has 1 nitrogen and oxygen atoms in total. The third-order valence-corrected chi connectivity index (χ3v) is 4.52. The van der Waals surface area contributed by atoms with Crippen molar-refractivity contribution in [1.29, 1.82) is 0 Å². The van der Waals surface area contributed by atoms with Crippen LogP contribution < -0.4 is 0 Å². The molecular formula is C24H18F5N. The van der Waals surface area contributed by atoms with E-state index in [1.807, 2.05) is 30.3 Å². The van der Waals surface area contributed by atoms with Crippen LogP contribution in [0.5, 0.6) is 0 Å². The average molecular weight is 415 g/mol. The number of benzene rings is 3. The number of aliphatic imine (C=N–C) groups is 1. The van der Waals surface area contributed by atoms with Crippen molar-refractivity contribution in [2.45, 2.75) is 19.3 Å². The molecule has 0 fully saturated rings. The van der Waals surface area contributed by atoms with E-state index in [0.29, 0.717) is 12.1 Å². The zero-order valence-electron chi connectivity index (χ0n) is 15.9. The fourth-order valence-corrected chi connectivity index (χ4v) is 2.98. The molecule has 0 N–H and O–H groups in total. The molecule has 0 aliphatic heterocycles. The molecule has 0 bridgehead atoms. The van der Waals surface area contributed by atoms with E-state index in [1.165, 1.54) is 6.21 Å². The number of aryl methyl sites for hydroxylation is 1. The van der Waals surface area contributed by atoms with Crippen LogP contribution in [-0.2, 0) is 6.42 Å². The lowest BCUT2D eigenvalue weighted by atomic mass is 10.0. The van der Waals surface area contributed by atoms with Crippen LogP contribution >= 0.6 is 0 Å². The Bertz CT molecular complexity index is 1040. The Kier molecular flexibility index (Phi) is 6.77. The van der Waals surface area contributed by atoms with Gasteiger partial charge in [0.05, 0.1) is 11.3 Å². The molecule has 0 saturated heterocycles. The Balaban J connectivity index is 1.81. The monoisotopic (exact) mass is 415 g/mol. The molecule has 0 spiro atoms. The van der Waals surface area contributed by atoms with Crippen LogP contribution in [0.25, 0.3) is 11.1 Å². The summed E-state index contributed by atoms with van der Waals surface area (Å²) in [6.45, 7) is 3.69. The minimum atomic E-state index is -1.70. The smallest absolute Gasteiger partial charge is 0.194 e. The van der Waals surface area contributed by atoms with E-state index in [-0.39, 0.29) is 5.69 Å². The lowest BCUT2D eigenvalue weighted by molar-refractivity contribution is 0.447. The highest BCUT2D eigenvalue weighted by Gasteiger charge is 2.18. The van der Waals surface area contributed by atoms with Gasteiger partial charge in [-0.05, 0) is 48.1 Å². The maximum atomic E-state index is 14.4. The number of nitrogens with zero attached hydrogens (tertiary/aromatic N) is 1. The summed E-state index contributed by atoms with van der Waals surface area (Å²) in [5, 5.41) is 0. The Labute approximate surface area is 171 Å². The van der Waals surface area contributed by atoms with Crippen LogP contribution in [0.1, 0.15) is 24.0 Å². The molecule has 30 heavy (non-hydrogen) atoms. The van der Waals surface area contributed by atoms with Gasteiger partial charge in [0, 0.05) is 18.3 Å². The number of hydrogen-bond acceptors (Lipinski definition) is 1. The van der Waals surface area contributed by atoms with Crippen molar-refractivity contribution in [3.8, 4) is 11.1 Å². The van der Waals surface area contributed by atoms with Crippen LogP contribution in [0.15, 0.2) is 66.2 Å². The first kappa shape index (κ1) is 21.4. The highest BCUT2D eigenvalue weighted by molar-refractivity contribution is 5.82. The predicted molar refractivity (Wildman–Crippen MR) is 108 cm³/mol. The summed E-state index contributed by atoms with van der Waals surface area (Å²) in [6.07, 6.45) is 6.19. The zero-order valence-corrected chi connectivity index (χ0v) is 15.9. The van der Waals surface area contributed by atoms with Gasteiger partial charge in [0.2, 0.25) is 0 Å². The summed E-state index contributed by atoms with van der Waals surface area (Å²) in [5.41, 5.74) is 0.802. The Morgan fingerprint density at radius 3 is 1.97 bits per heavy atom. The van der Waals surface area contributed by atoms with Crippen molar-refractivity contribution in [2.75, 3.05) is 0 Å². The van der Waals surface area contributed by atoms with E-state index in [9.17, 15) is 22.0 Å². The first-order chi connectivity index (χ1) is 14.4. The summed E-state index contributed by atoms with van der Waals surface area (Å²) in [5.74, 6) is -6.89. The van der Waals surface area contributed by atoms with Crippen molar-refractivity contribution < 1.29 is 22.0 Å². The van der Waals surface area contributed by atoms with E-state index >= 15 is 0 Å². The molecule has 0 heterocycles. The highest BCUT2D eigenvalue weighted by Crippen LogP contribution is 2.31. The summed E-state index contributed by atoms with van der Waals surface area (Å²) in [7, 11) is 0. The maximum Gasteiger partial charge on any atom is 0.194 e. The van der Waals surface area contributed by atoms with Gasteiger partial charge in [-0.3, -0.25) is 4.99 Å². The van der Waals surface area contributed by atoms with E-state index in [4.69, 9.17) is 0 Å². The maximum absolute atomic E-state index is 14.4. The SMILES string of the molecule is C=CCCCc1ccc(C=Nc2cc(F)c(-c3cc(F)c(F)c(F)c3)c(F)c2)cc1. The highest BCUT2D eigenvalue weighted by atomic mass is 19.2. The molecule has 0 radical (unpaired) electrons. The number of unbranched alkanes of at least 4 members (excludes halogenated alkanes) is 1. The van der Waals surface area contributed by atoms with Gasteiger partial charge in [-0.2, -0.15) is 0 Å². The third kappa shape index (κ3) is 5.00. The van der Waals surface area contributed by atoms with Gasteiger partial charge in [0.15, 0.2) is 17.5 Å². The average Bonchev–Trinajstić information content (AvgIpc) is 2.71. The van der Waals surface area contributed by atoms with E-state index in [2.05, 4.69) is 11.6 Å². The third-order valence-electron chi connectivity index (χ3n) is 4.52. The second-order valence-electron chi connectivity index (χ2n) is 6.72. The standard InChI is InChI=1S/C24H18F5N/c1-2-3-4-5-15-6-8-16(9-7-15)14-30-18-12-19(25)23(20(26)13-18)17-10-21(27)24(29)22(28)11-17/h2,6-14H,1,3-5H2. The molecule has 0 aromatic heterocycles. The number of hydrogen-bond donors (Lipinski definition) is 0. The topological polar surface area (TPSA) is 12.4 Å². The van der Waals surface area contributed by atoms with Gasteiger partial charge in [-0.1, -0.05) is 30.3 Å². The van der Waals surface area contributed by atoms with Gasteiger partial charge in [0.25, 0.3) is 0 Å². The summed E-state index contributed by atoms with van der Waals surface area (Å²) in [6, 6.07) is 10.6. The molecule has 3 aromatic rings. The Morgan fingerprint density at radius 1 is 0.800 bits per heavy atom. The summed E-state index contributed by atoms with van der Waals surface area (Å²) < 4.78 is 68.8. The van der Waals surface area contributed by atoms with Crippen LogP contribution in [0.4, 0.5) is 27.6 Å². The van der Waals surface area contributed by atoms with Crippen molar-refractivity contribution in [3.63, 3.8) is 0 Å². The van der Waals surface area contributed by atoms with Gasteiger partial charge >= 0.3 is 0 Å². The zero-order chi connectivity index (χ0) is 21.7. The van der Waals surface area contributed by atoms with Gasteiger partial charge in [0.1, 0.15) is 11.6 Å². The predicted octanol–water partition coefficient (Wildman–Crippen LogP) is 7.31. The molecule has 6 heteroatoms. The number of allylic oxidation sites excluding steroid dienone is 1. The minimum Gasteiger partial charge on any atom is -0.256 e. The largest absolute Gasteiger partial charge is 0.256 e. The fourth-order valence-electron chi connectivity index (χ4n) is 2.98. The van der Waals surface area contributed by atoms with Crippen LogP contribution in [0, 0.1) is 29.1 Å². The van der Waals surface area contributed by atoms with Crippen molar-refractivity contribution >= 4 is 11.9 Å². The number of halogens is 5. The first-order valence-corrected chi connectivity index (χ1v) is 9.27. The minimum absolute atomic E-state index is 0.00753. The molecule has 0 unspecified atom stereocenters. The van der Waals surface area contributed by atoms with Crippen molar-refractivity contribution in [3.05, 3.63) is 101 Å². The molecule has 3 aromatic carbocycles. The Hall–Kier alpha value is -3.28. The molecule has 0 aliphatic rings. The van der Waals surface area contributed by atoms with Crippen LogP contribution in [-0.4, -0.2) is 6.21 Å². The quantitative estimate of drug-likeness (QED) is 0.126. The van der Waals surface area contributed by atoms with Gasteiger partial charge in [-0.15, -0.1) is 6.58 Å². The molecule has 3 rings (SSSR count). The lowest BCUT2D eigenvalue weighted by Gasteiger charge is -2.08. The van der Waals surface area contributed by atoms with E-state index < -0.39 is 40.2 Å². The second kappa shape index (κ2) is 9.48. The van der Waals surface area contributed by atoms with Crippen molar-refractivity contribution in [2.24, 2.45) is 4.99 Å². The van der Waals surface area contributed by atoms with E-state index in [0.717, 1.165) is 42.5 Å². The van der Waals surface area contributed by atoms with Crippen LogP contribution in [0.2, 0.25) is 0 Å². The molecule has 0 aliphatic carbocycles. The first-order valence-electron chi connectivity index (χ1n) is 9.27. The lowest BCUT2D eigenvalue weighted by Crippen LogP contribution is -1.96. The van der Waals surface area contributed by atoms with Crippen molar-refractivity contribution in [1.82, 2.24) is 0 Å². The molecular weight excluding hydrogens is 397 g/mol.